The molecule has 0 bridgehead atoms. The van der Waals surface area contributed by atoms with Gasteiger partial charge in [-0.05, 0) is 48.9 Å². The maximum atomic E-state index is 14.7. The number of fused-ring (bicyclic) bond motifs is 1. The van der Waals surface area contributed by atoms with Crippen molar-refractivity contribution in [3.05, 3.63) is 101 Å². The van der Waals surface area contributed by atoms with Crippen LogP contribution in [0.4, 0.5) is 0 Å². The van der Waals surface area contributed by atoms with Crippen LogP contribution in [-0.2, 0) is 25.0 Å². The minimum atomic E-state index is -4.28. The molecule has 2 N–H and O–H groups in total. The fourth-order valence-corrected chi connectivity index (χ4v) is 7.85. The van der Waals surface area contributed by atoms with Gasteiger partial charge in [0.2, 0.25) is 0 Å². The summed E-state index contributed by atoms with van der Waals surface area (Å²) in [5, 5.41) is -0.763. The summed E-state index contributed by atoms with van der Waals surface area (Å²) < 4.78 is 41.2. The number of benzene rings is 3. The highest BCUT2D eigenvalue weighted by molar-refractivity contribution is 7.92. The second-order valence-electron chi connectivity index (χ2n) is 9.05. The number of aryl methyl sites for hydroxylation is 1. The largest absolute Gasteiger partial charge is 0.496 e. The van der Waals surface area contributed by atoms with Crippen molar-refractivity contribution in [1.29, 1.82) is 0 Å². The highest BCUT2D eigenvalue weighted by Crippen LogP contribution is 2.51. The maximum Gasteiger partial charge on any atom is 0.255 e. The lowest BCUT2D eigenvalue weighted by atomic mass is 9.82. The number of hydrogen-bond donors (Lipinski definition) is 1. The molecule has 1 amide bonds. The standard InChI is InChI=1S/C28H25ClN2O5S/c1-17-11-13-23(35-2)21(15-17)28(27(30)32)26(20(16-36-28)18-7-4-3-5-8-18)37(33,34)24-10-6-9-22-19(24)12-14-25(29)31-22/h3-15,20,26H,16H2,1-2H3,(H2,30,32). The molecule has 190 valence electrons. The van der Waals surface area contributed by atoms with Gasteiger partial charge in [0.05, 0.1) is 24.1 Å². The normalized spacial score (nSPS) is 21.7. The van der Waals surface area contributed by atoms with E-state index in [1.54, 1.807) is 30.3 Å². The van der Waals surface area contributed by atoms with Gasteiger partial charge >= 0.3 is 0 Å². The third-order valence-corrected chi connectivity index (χ3v) is 9.41. The molecule has 5 rings (SSSR count). The van der Waals surface area contributed by atoms with Crippen molar-refractivity contribution in [3.8, 4) is 5.75 Å². The van der Waals surface area contributed by atoms with Gasteiger partial charge in [0.1, 0.15) is 16.2 Å². The van der Waals surface area contributed by atoms with Gasteiger partial charge in [0.25, 0.3) is 5.91 Å². The summed E-state index contributed by atoms with van der Waals surface area (Å²) in [4.78, 5) is 17.7. The van der Waals surface area contributed by atoms with Gasteiger partial charge in [-0.3, -0.25) is 4.79 Å². The first-order valence-corrected chi connectivity index (χ1v) is 13.6. The van der Waals surface area contributed by atoms with Crippen LogP contribution >= 0.6 is 11.6 Å². The van der Waals surface area contributed by atoms with Crippen molar-refractivity contribution in [1.82, 2.24) is 4.98 Å². The summed E-state index contributed by atoms with van der Waals surface area (Å²) >= 11 is 6.08. The zero-order valence-corrected chi connectivity index (χ0v) is 21.8. The van der Waals surface area contributed by atoms with Crippen LogP contribution < -0.4 is 10.5 Å². The maximum absolute atomic E-state index is 14.7. The molecule has 3 aromatic carbocycles. The Morgan fingerprint density at radius 2 is 1.84 bits per heavy atom. The van der Waals surface area contributed by atoms with Gasteiger partial charge in [-0.15, -0.1) is 0 Å². The predicted octanol–water partition coefficient (Wildman–Crippen LogP) is 4.54. The number of aromatic nitrogens is 1. The van der Waals surface area contributed by atoms with Crippen LogP contribution in [0.15, 0.2) is 83.8 Å². The number of carbonyl (C=O) groups excluding carboxylic acids is 1. The van der Waals surface area contributed by atoms with E-state index in [4.69, 9.17) is 26.8 Å². The summed E-state index contributed by atoms with van der Waals surface area (Å²) in [5.74, 6) is -1.30. The predicted molar refractivity (Wildman–Crippen MR) is 141 cm³/mol. The molecule has 1 saturated heterocycles. The Labute approximate surface area is 220 Å². The lowest BCUT2D eigenvalue weighted by molar-refractivity contribution is -0.138. The number of pyridine rings is 1. The summed E-state index contributed by atoms with van der Waals surface area (Å²) in [5.41, 5.74) is 6.25. The molecule has 3 atom stereocenters. The van der Waals surface area contributed by atoms with Gasteiger partial charge in [0.15, 0.2) is 15.4 Å². The van der Waals surface area contributed by atoms with Gasteiger partial charge in [-0.2, -0.15) is 0 Å². The molecule has 2 heterocycles. The van der Waals surface area contributed by atoms with Gasteiger partial charge in [-0.1, -0.05) is 59.6 Å². The van der Waals surface area contributed by atoms with Crippen LogP contribution in [-0.4, -0.2) is 38.3 Å². The van der Waals surface area contributed by atoms with Crippen molar-refractivity contribution >= 4 is 38.2 Å². The quantitative estimate of drug-likeness (QED) is 0.362. The number of amides is 1. The van der Waals surface area contributed by atoms with E-state index in [0.717, 1.165) is 5.56 Å². The Balaban J connectivity index is 1.84. The van der Waals surface area contributed by atoms with Crippen LogP contribution in [0.2, 0.25) is 5.15 Å². The van der Waals surface area contributed by atoms with Gasteiger partial charge in [0, 0.05) is 16.9 Å². The fourth-order valence-electron chi connectivity index (χ4n) is 5.25. The molecular formula is C28H25ClN2O5S. The molecule has 0 aliphatic carbocycles. The molecule has 1 aliphatic heterocycles. The van der Waals surface area contributed by atoms with Crippen LogP contribution in [0.25, 0.3) is 10.9 Å². The molecule has 1 aliphatic rings. The number of hydrogen-bond acceptors (Lipinski definition) is 6. The molecule has 9 heteroatoms. The van der Waals surface area contributed by atoms with E-state index in [-0.39, 0.29) is 22.2 Å². The molecule has 3 unspecified atom stereocenters. The number of carbonyl (C=O) groups is 1. The van der Waals surface area contributed by atoms with Crippen molar-refractivity contribution < 1.29 is 22.7 Å². The summed E-state index contributed by atoms with van der Waals surface area (Å²) in [6, 6.07) is 22.3. The summed E-state index contributed by atoms with van der Waals surface area (Å²) in [6.07, 6.45) is 0. The topological polar surface area (TPSA) is 109 Å². The van der Waals surface area contributed by atoms with Crippen molar-refractivity contribution in [2.75, 3.05) is 13.7 Å². The first-order chi connectivity index (χ1) is 17.7. The Morgan fingerprint density at radius 1 is 1.08 bits per heavy atom. The average Bonchev–Trinajstić information content (AvgIpc) is 3.31. The SMILES string of the molecule is COc1ccc(C)cc1C1(C(N)=O)OCC(c2ccccc2)C1S(=O)(=O)c1cccc2nc(Cl)ccc12. The molecule has 7 nitrogen and oxygen atoms in total. The minimum Gasteiger partial charge on any atom is -0.496 e. The number of rotatable bonds is 6. The average molecular weight is 537 g/mol. The highest BCUT2D eigenvalue weighted by Gasteiger charge is 2.63. The summed E-state index contributed by atoms with van der Waals surface area (Å²) in [7, 11) is -2.82. The zero-order chi connectivity index (χ0) is 26.4. The lowest BCUT2D eigenvalue weighted by Gasteiger charge is -2.34. The minimum absolute atomic E-state index is 0.0165. The third-order valence-electron chi connectivity index (χ3n) is 6.90. The second-order valence-corrected chi connectivity index (χ2v) is 11.5. The summed E-state index contributed by atoms with van der Waals surface area (Å²) in [6.45, 7) is 1.80. The zero-order valence-electron chi connectivity index (χ0n) is 20.2. The van der Waals surface area contributed by atoms with Gasteiger partial charge < -0.3 is 15.2 Å². The molecule has 0 spiro atoms. The van der Waals surface area contributed by atoms with E-state index in [1.165, 1.54) is 19.2 Å². The number of halogens is 1. The number of nitrogens with two attached hydrogens (primary N) is 1. The molecule has 0 radical (unpaired) electrons. The molecule has 4 aromatic rings. The first kappa shape index (κ1) is 25.2. The molecule has 1 aromatic heterocycles. The van der Waals surface area contributed by atoms with Crippen LogP contribution in [0.1, 0.15) is 22.6 Å². The molecule has 1 fully saturated rings. The van der Waals surface area contributed by atoms with Crippen molar-refractivity contribution in [3.63, 3.8) is 0 Å². The number of methoxy groups -OCH3 is 1. The van der Waals surface area contributed by atoms with E-state index in [0.29, 0.717) is 22.2 Å². The smallest absolute Gasteiger partial charge is 0.255 e. The van der Waals surface area contributed by atoms with Crippen LogP contribution in [0.5, 0.6) is 5.75 Å². The van der Waals surface area contributed by atoms with Crippen molar-refractivity contribution in [2.45, 2.75) is 28.6 Å². The molecular weight excluding hydrogens is 512 g/mol. The Bertz CT molecular complexity index is 1610. The van der Waals surface area contributed by atoms with E-state index >= 15 is 0 Å². The van der Waals surface area contributed by atoms with E-state index in [1.807, 2.05) is 43.3 Å². The van der Waals surface area contributed by atoms with E-state index < -0.39 is 32.5 Å². The van der Waals surface area contributed by atoms with E-state index in [9.17, 15) is 13.2 Å². The van der Waals surface area contributed by atoms with Crippen LogP contribution in [0, 0.1) is 6.92 Å². The number of nitrogens with zero attached hydrogens (tertiary/aromatic N) is 1. The molecule has 37 heavy (non-hydrogen) atoms. The lowest BCUT2D eigenvalue weighted by Crippen LogP contribution is -2.52. The third kappa shape index (κ3) is 4.05. The molecule has 0 saturated carbocycles. The Hall–Kier alpha value is -3.46. The highest BCUT2D eigenvalue weighted by atomic mass is 35.5. The second kappa shape index (κ2) is 9.45. The van der Waals surface area contributed by atoms with E-state index in [2.05, 4.69) is 4.98 Å². The van der Waals surface area contributed by atoms with Crippen molar-refractivity contribution in [2.24, 2.45) is 5.73 Å². The van der Waals surface area contributed by atoms with Gasteiger partial charge in [-0.25, -0.2) is 13.4 Å². The number of primary amides is 1. The monoisotopic (exact) mass is 536 g/mol. The fraction of sp³-hybridized carbons (Fsp3) is 0.214. The Kier molecular flexibility index (Phi) is 6.43. The first-order valence-electron chi connectivity index (χ1n) is 11.6. The van der Waals surface area contributed by atoms with Crippen LogP contribution in [0.3, 0.4) is 0 Å². The number of ether oxygens (including phenoxy) is 2. The Morgan fingerprint density at radius 3 is 2.54 bits per heavy atom. The number of sulfone groups is 1.